The molecule has 4 heterocycles. The molecule has 148 valence electrons. The van der Waals surface area contributed by atoms with Gasteiger partial charge in [0, 0.05) is 47.9 Å². The van der Waals surface area contributed by atoms with Gasteiger partial charge in [-0.3, -0.25) is 14.4 Å². The van der Waals surface area contributed by atoms with Crippen molar-refractivity contribution < 1.29 is 4.79 Å². The monoisotopic (exact) mass is 397 g/mol. The molecule has 1 amide bonds. The van der Waals surface area contributed by atoms with E-state index in [9.17, 15) is 4.79 Å². The highest BCUT2D eigenvalue weighted by Gasteiger charge is 2.31. The molecule has 7 heteroatoms. The number of hydrogen-bond donors (Lipinski definition) is 1. The lowest BCUT2D eigenvalue weighted by Crippen LogP contribution is -2.21. The molecule has 0 unspecified atom stereocenters. The van der Waals surface area contributed by atoms with Crippen LogP contribution in [0, 0.1) is 13.8 Å². The van der Waals surface area contributed by atoms with Crippen LogP contribution < -0.4 is 5.73 Å². The molecule has 4 rings (SSSR count). The summed E-state index contributed by atoms with van der Waals surface area (Å²) in [4.78, 5) is 20.5. The average molecular weight is 398 g/mol. The molecule has 6 nitrogen and oxygen atoms in total. The highest BCUT2D eigenvalue weighted by molar-refractivity contribution is 7.20. The van der Waals surface area contributed by atoms with Gasteiger partial charge in [0.15, 0.2) is 0 Å². The number of likely N-dealkylation sites (tertiary alicyclic amines) is 1. The standard InChI is InChI=1S/C21H27N5OS/c1-12(2)26-14(4)17(13(3)24-26)11-25-9-7-15(10-25)18-16-6-5-8-23-21(16)28-19(18)20(22)27/h5-6,8,12,15H,7,9-11H2,1-4H3,(H2,22,27)/t15-/m1/s1. The predicted molar refractivity (Wildman–Crippen MR) is 113 cm³/mol. The molecule has 0 saturated carbocycles. The third-order valence-corrected chi connectivity index (χ3v) is 6.90. The predicted octanol–water partition coefficient (Wildman–Crippen LogP) is 3.78. The lowest BCUT2D eigenvalue weighted by molar-refractivity contribution is 0.100. The topological polar surface area (TPSA) is 77.0 Å². The van der Waals surface area contributed by atoms with Crippen LogP contribution in [-0.2, 0) is 6.54 Å². The first kappa shape index (κ1) is 19.1. The van der Waals surface area contributed by atoms with E-state index >= 15 is 0 Å². The maximum absolute atomic E-state index is 12.1. The van der Waals surface area contributed by atoms with Gasteiger partial charge in [-0.1, -0.05) is 6.07 Å². The van der Waals surface area contributed by atoms with Gasteiger partial charge in [0.2, 0.25) is 0 Å². The number of rotatable bonds is 5. The fourth-order valence-corrected chi connectivity index (χ4v) is 5.49. The Morgan fingerprint density at radius 3 is 2.86 bits per heavy atom. The van der Waals surface area contributed by atoms with Crippen molar-refractivity contribution in [2.24, 2.45) is 5.73 Å². The number of thiophene rings is 1. The minimum absolute atomic E-state index is 0.307. The van der Waals surface area contributed by atoms with Crippen molar-refractivity contribution in [3.8, 4) is 0 Å². The number of aryl methyl sites for hydroxylation is 1. The minimum Gasteiger partial charge on any atom is -0.365 e. The number of aromatic nitrogens is 3. The van der Waals surface area contributed by atoms with E-state index in [2.05, 4.69) is 48.3 Å². The Hall–Kier alpha value is -2.25. The molecule has 1 saturated heterocycles. The van der Waals surface area contributed by atoms with Gasteiger partial charge in [-0.15, -0.1) is 11.3 Å². The van der Waals surface area contributed by atoms with Gasteiger partial charge in [0.1, 0.15) is 4.83 Å². The third-order valence-electron chi connectivity index (χ3n) is 5.75. The quantitative estimate of drug-likeness (QED) is 0.711. The molecule has 1 aliphatic rings. The highest BCUT2D eigenvalue weighted by Crippen LogP contribution is 2.39. The van der Waals surface area contributed by atoms with Crippen molar-refractivity contribution >= 4 is 27.5 Å². The van der Waals surface area contributed by atoms with Crippen LogP contribution in [0.3, 0.4) is 0 Å². The van der Waals surface area contributed by atoms with Gasteiger partial charge in [0.25, 0.3) is 5.91 Å². The summed E-state index contributed by atoms with van der Waals surface area (Å²) in [5, 5.41) is 5.80. The Balaban J connectivity index is 1.60. The van der Waals surface area contributed by atoms with Gasteiger partial charge < -0.3 is 5.73 Å². The Bertz CT molecular complexity index is 1040. The van der Waals surface area contributed by atoms with Crippen LogP contribution in [0.15, 0.2) is 18.3 Å². The number of primary amides is 1. The van der Waals surface area contributed by atoms with Crippen LogP contribution >= 0.6 is 11.3 Å². The van der Waals surface area contributed by atoms with Crippen molar-refractivity contribution in [3.05, 3.63) is 45.7 Å². The van der Waals surface area contributed by atoms with Gasteiger partial charge in [-0.2, -0.15) is 5.10 Å². The van der Waals surface area contributed by atoms with E-state index in [-0.39, 0.29) is 5.91 Å². The molecule has 0 bridgehead atoms. The van der Waals surface area contributed by atoms with Gasteiger partial charge >= 0.3 is 0 Å². The zero-order valence-corrected chi connectivity index (χ0v) is 17.7. The normalized spacial score (nSPS) is 17.8. The number of fused-ring (bicyclic) bond motifs is 1. The van der Waals surface area contributed by atoms with Gasteiger partial charge in [0.05, 0.1) is 10.6 Å². The molecule has 0 spiro atoms. The van der Waals surface area contributed by atoms with E-state index in [1.807, 2.05) is 6.07 Å². The van der Waals surface area contributed by atoms with E-state index in [1.54, 1.807) is 6.20 Å². The molecular weight excluding hydrogens is 370 g/mol. The number of carbonyl (C=O) groups excluding carboxylic acids is 1. The Labute approximate surface area is 169 Å². The van der Waals surface area contributed by atoms with Gasteiger partial charge in [-0.05, 0) is 52.3 Å². The summed E-state index contributed by atoms with van der Waals surface area (Å²) in [6.07, 6.45) is 2.80. The van der Waals surface area contributed by atoms with E-state index in [0.29, 0.717) is 16.8 Å². The number of hydrogen-bond acceptors (Lipinski definition) is 5. The molecule has 28 heavy (non-hydrogen) atoms. The smallest absolute Gasteiger partial charge is 0.259 e. The second-order valence-electron chi connectivity index (χ2n) is 7.97. The number of nitrogens with zero attached hydrogens (tertiary/aromatic N) is 4. The van der Waals surface area contributed by atoms with E-state index in [0.717, 1.165) is 47.5 Å². The van der Waals surface area contributed by atoms with E-state index in [4.69, 9.17) is 10.8 Å². The van der Waals surface area contributed by atoms with Crippen molar-refractivity contribution in [2.45, 2.75) is 52.6 Å². The van der Waals surface area contributed by atoms with Crippen molar-refractivity contribution in [3.63, 3.8) is 0 Å². The zero-order chi connectivity index (χ0) is 20.0. The number of nitrogens with two attached hydrogens (primary N) is 1. The van der Waals surface area contributed by atoms with Crippen LogP contribution in [0.25, 0.3) is 10.2 Å². The fraction of sp³-hybridized carbons (Fsp3) is 0.476. The van der Waals surface area contributed by atoms with Crippen LogP contribution in [0.2, 0.25) is 0 Å². The molecule has 1 atom stereocenters. The number of carbonyl (C=O) groups is 1. The second kappa shape index (κ2) is 7.29. The molecule has 3 aromatic rings. The van der Waals surface area contributed by atoms with Crippen molar-refractivity contribution in [1.29, 1.82) is 0 Å². The molecule has 0 radical (unpaired) electrons. The lowest BCUT2D eigenvalue weighted by Gasteiger charge is -2.17. The molecule has 0 aliphatic carbocycles. The summed E-state index contributed by atoms with van der Waals surface area (Å²) in [7, 11) is 0. The first-order chi connectivity index (χ1) is 13.4. The molecule has 3 aromatic heterocycles. The second-order valence-corrected chi connectivity index (χ2v) is 8.97. The summed E-state index contributed by atoms with van der Waals surface area (Å²) in [5.74, 6) is -0.0393. The van der Waals surface area contributed by atoms with Crippen LogP contribution in [-0.4, -0.2) is 38.7 Å². The van der Waals surface area contributed by atoms with Crippen molar-refractivity contribution in [1.82, 2.24) is 19.7 Å². The Morgan fingerprint density at radius 2 is 2.18 bits per heavy atom. The first-order valence-electron chi connectivity index (χ1n) is 9.81. The molecular formula is C21H27N5OS. The maximum Gasteiger partial charge on any atom is 0.259 e. The van der Waals surface area contributed by atoms with Crippen molar-refractivity contribution in [2.75, 3.05) is 13.1 Å². The molecule has 2 N–H and O–H groups in total. The fourth-order valence-electron chi connectivity index (χ4n) is 4.40. The molecule has 1 fully saturated rings. The Kier molecular flexibility index (Phi) is 4.97. The van der Waals surface area contributed by atoms with Crippen LogP contribution in [0.1, 0.15) is 64.4 Å². The Morgan fingerprint density at radius 1 is 1.39 bits per heavy atom. The maximum atomic E-state index is 12.1. The lowest BCUT2D eigenvalue weighted by atomic mass is 9.95. The first-order valence-corrected chi connectivity index (χ1v) is 10.6. The van der Waals surface area contributed by atoms with E-state index < -0.39 is 0 Å². The minimum atomic E-state index is -0.346. The SMILES string of the molecule is Cc1nn(C(C)C)c(C)c1CN1CC[C@@H](c2c(C(N)=O)sc3ncccc23)C1. The summed E-state index contributed by atoms with van der Waals surface area (Å²) >= 11 is 1.42. The van der Waals surface area contributed by atoms with E-state index in [1.165, 1.54) is 22.6 Å². The summed E-state index contributed by atoms with van der Waals surface area (Å²) < 4.78 is 2.11. The third kappa shape index (κ3) is 3.22. The van der Waals surface area contributed by atoms with Gasteiger partial charge in [-0.25, -0.2) is 4.98 Å². The molecule has 0 aromatic carbocycles. The summed E-state index contributed by atoms with van der Waals surface area (Å²) in [6.45, 7) is 11.4. The number of pyridine rings is 1. The highest BCUT2D eigenvalue weighted by atomic mass is 32.1. The summed E-state index contributed by atoms with van der Waals surface area (Å²) in [5.41, 5.74) is 10.5. The molecule has 1 aliphatic heterocycles. The largest absolute Gasteiger partial charge is 0.365 e. The summed E-state index contributed by atoms with van der Waals surface area (Å²) in [6, 6.07) is 4.36. The average Bonchev–Trinajstić information content (AvgIpc) is 3.33. The number of amides is 1. The van der Waals surface area contributed by atoms with Crippen LogP contribution in [0.5, 0.6) is 0 Å². The zero-order valence-electron chi connectivity index (χ0n) is 16.9. The van der Waals surface area contributed by atoms with Crippen LogP contribution in [0.4, 0.5) is 0 Å².